The maximum atomic E-state index is 6.20. The Morgan fingerprint density at radius 3 is 1.30 bits per heavy atom. The number of rotatable bonds is 4. The van der Waals surface area contributed by atoms with Gasteiger partial charge in [-0.1, -0.05) is 129 Å². The molecule has 0 saturated carbocycles. The number of hydrogen-bond donors (Lipinski definition) is 0. The molecule has 4 heteroatoms. The van der Waals surface area contributed by atoms with E-state index in [0.717, 1.165) is 27.8 Å². The van der Waals surface area contributed by atoms with Crippen molar-refractivity contribution in [2.24, 2.45) is 0 Å². The summed E-state index contributed by atoms with van der Waals surface area (Å²) in [4.78, 5) is 14.4. The maximum Gasteiger partial charge on any atom is 0.164 e. The van der Waals surface area contributed by atoms with Gasteiger partial charge in [0.25, 0.3) is 0 Å². The molecule has 5 aromatic rings. The first-order chi connectivity index (χ1) is 18.2. The molecule has 0 N–H and O–H groups in total. The highest BCUT2D eigenvalue weighted by Gasteiger charge is 2.12. The SMILES string of the molecule is C/C=C\C.CC.Clc1cccc(-c2cccc(-c3nc(-c4ccccc4)nc(-c4ccccc4)n3)c2)c1. The molecule has 5 rings (SSSR count). The molecular weight excluding hydrogens is 474 g/mol. The van der Waals surface area contributed by atoms with Crippen LogP contribution >= 0.6 is 11.6 Å². The first kappa shape index (κ1) is 27.5. The normalized spacial score (nSPS) is 10.2. The molecule has 1 heterocycles. The third-order valence-electron chi connectivity index (χ3n) is 5.31. The van der Waals surface area contributed by atoms with E-state index in [1.54, 1.807) is 0 Å². The monoisotopic (exact) mass is 505 g/mol. The minimum atomic E-state index is 0.636. The van der Waals surface area contributed by atoms with E-state index in [1.807, 2.05) is 137 Å². The van der Waals surface area contributed by atoms with Crippen molar-refractivity contribution in [2.45, 2.75) is 27.7 Å². The fourth-order valence-corrected chi connectivity index (χ4v) is 3.63. The quantitative estimate of drug-likeness (QED) is 0.228. The van der Waals surface area contributed by atoms with Crippen LogP contribution in [0, 0.1) is 0 Å². The van der Waals surface area contributed by atoms with Gasteiger partial charge in [0.2, 0.25) is 0 Å². The summed E-state index contributed by atoms with van der Waals surface area (Å²) < 4.78 is 0. The molecule has 0 amide bonds. The van der Waals surface area contributed by atoms with Gasteiger partial charge < -0.3 is 0 Å². The van der Waals surface area contributed by atoms with E-state index in [9.17, 15) is 0 Å². The molecule has 0 bridgehead atoms. The highest BCUT2D eigenvalue weighted by atomic mass is 35.5. The van der Waals surface area contributed by atoms with Crippen molar-refractivity contribution >= 4 is 11.6 Å². The van der Waals surface area contributed by atoms with Gasteiger partial charge in [-0.2, -0.15) is 0 Å². The third kappa shape index (κ3) is 7.70. The van der Waals surface area contributed by atoms with Crippen LogP contribution in [0.15, 0.2) is 121 Å². The van der Waals surface area contributed by atoms with Crippen LogP contribution in [0.2, 0.25) is 5.02 Å². The van der Waals surface area contributed by atoms with Gasteiger partial charge in [0, 0.05) is 21.7 Å². The third-order valence-corrected chi connectivity index (χ3v) is 5.55. The Morgan fingerprint density at radius 1 is 0.459 bits per heavy atom. The number of benzene rings is 4. The van der Waals surface area contributed by atoms with Crippen molar-refractivity contribution in [2.75, 3.05) is 0 Å². The molecule has 1 aromatic heterocycles. The molecule has 0 aliphatic carbocycles. The van der Waals surface area contributed by atoms with Crippen molar-refractivity contribution in [3.05, 3.63) is 126 Å². The fourth-order valence-electron chi connectivity index (χ4n) is 3.44. The van der Waals surface area contributed by atoms with Crippen LogP contribution in [0.3, 0.4) is 0 Å². The Bertz CT molecular complexity index is 1350. The molecule has 186 valence electrons. The molecule has 0 spiro atoms. The van der Waals surface area contributed by atoms with E-state index in [2.05, 4.69) is 12.1 Å². The van der Waals surface area contributed by atoms with Crippen molar-refractivity contribution in [3.8, 4) is 45.3 Å². The lowest BCUT2D eigenvalue weighted by Gasteiger charge is -2.09. The topological polar surface area (TPSA) is 38.7 Å². The predicted molar refractivity (Wildman–Crippen MR) is 158 cm³/mol. The summed E-state index contributed by atoms with van der Waals surface area (Å²) in [5.41, 5.74) is 4.94. The van der Waals surface area contributed by atoms with Crippen LogP contribution in [0.1, 0.15) is 27.7 Å². The second-order valence-corrected chi connectivity index (χ2v) is 8.23. The molecular formula is C33H32ClN3. The van der Waals surface area contributed by atoms with Crippen molar-refractivity contribution in [1.29, 1.82) is 0 Å². The molecule has 0 unspecified atom stereocenters. The van der Waals surface area contributed by atoms with Crippen LogP contribution in [0.25, 0.3) is 45.3 Å². The zero-order valence-electron chi connectivity index (χ0n) is 21.8. The predicted octanol–water partition coefficient (Wildman–Crippen LogP) is 9.80. The summed E-state index contributed by atoms with van der Waals surface area (Å²) in [6.45, 7) is 8.00. The van der Waals surface area contributed by atoms with Gasteiger partial charge in [-0.3, -0.25) is 0 Å². The smallest absolute Gasteiger partial charge is 0.164 e. The van der Waals surface area contributed by atoms with Gasteiger partial charge in [-0.05, 0) is 43.2 Å². The summed E-state index contributed by atoms with van der Waals surface area (Å²) in [5.74, 6) is 1.94. The van der Waals surface area contributed by atoms with Crippen LogP contribution in [0.4, 0.5) is 0 Å². The first-order valence-electron chi connectivity index (χ1n) is 12.5. The molecule has 0 aliphatic rings. The first-order valence-corrected chi connectivity index (χ1v) is 12.9. The van der Waals surface area contributed by atoms with Gasteiger partial charge in [-0.15, -0.1) is 0 Å². The van der Waals surface area contributed by atoms with E-state index in [-0.39, 0.29) is 0 Å². The molecule has 4 aromatic carbocycles. The highest BCUT2D eigenvalue weighted by molar-refractivity contribution is 6.30. The molecule has 0 fully saturated rings. The minimum absolute atomic E-state index is 0.636. The van der Waals surface area contributed by atoms with Crippen LogP contribution < -0.4 is 0 Å². The van der Waals surface area contributed by atoms with Gasteiger partial charge in [0.1, 0.15) is 0 Å². The van der Waals surface area contributed by atoms with Crippen LogP contribution in [-0.4, -0.2) is 15.0 Å². The Labute approximate surface area is 225 Å². The summed E-state index contributed by atoms with van der Waals surface area (Å²) in [5, 5.41) is 0.709. The van der Waals surface area contributed by atoms with Crippen molar-refractivity contribution in [3.63, 3.8) is 0 Å². The van der Waals surface area contributed by atoms with E-state index in [0.29, 0.717) is 22.5 Å². The lowest BCUT2D eigenvalue weighted by molar-refractivity contribution is 1.07. The number of allylic oxidation sites excluding steroid dienone is 2. The van der Waals surface area contributed by atoms with Gasteiger partial charge in [-0.25, -0.2) is 15.0 Å². The highest BCUT2D eigenvalue weighted by Crippen LogP contribution is 2.29. The molecule has 0 atom stereocenters. The molecule has 3 nitrogen and oxygen atoms in total. The summed E-state index contributed by atoms with van der Waals surface area (Å²) in [6, 6.07) is 36.0. The number of halogens is 1. The standard InChI is InChI=1S/C27H18ClN3.C4H8.C2H6/c28-24-16-8-14-22(18-24)21-13-7-15-23(17-21)27-30-25(19-9-3-1-4-10-19)29-26(31-27)20-11-5-2-6-12-20;1-3-4-2;1-2/h1-18H;3-4H,1-2H3;1-2H3/b;4-3-;. The largest absolute Gasteiger partial charge is 0.208 e. The fraction of sp³-hybridized carbons (Fsp3) is 0.121. The minimum Gasteiger partial charge on any atom is -0.208 e. The Hall–Kier alpha value is -4.08. The summed E-state index contributed by atoms with van der Waals surface area (Å²) >= 11 is 6.20. The van der Waals surface area contributed by atoms with Gasteiger partial charge in [0.15, 0.2) is 17.5 Å². The average molecular weight is 506 g/mol. The Kier molecular flexibility index (Phi) is 10.8. The number of hydrogen-bond acceptors (Lipinski definition) is 3. The maximum absolute atomic E-state index is 6.20. The van der Waals surface area contributed by atoms with Crippen LogP contribution in [0.5, 0.6) is 0 Å². The molecule has 37 heavy (non-hydrogen) atoms. The van der Waals surface area contributed by atoms with E-state index >= 15 is 0 Å². The van der Waals surface area contributed by atoms with E-state index in [4.69, 9.17) is 26.6 Å². The second kappa shape index (κ2) is 14.5. The van der Waals surface area contributed by atoms with E-state index in [1.165, 1.54) is 0 Å². The zero-order valence-corrected chi connectivity index (χ0v) is 22.5. The lowest BCUT2D eigenvalue weighted by atomic mass is 10.0. The molecule has 0 radical (unpaired) electrons. The zero-order chi connectivity index (χ0) is 26.5. The number of nitrogens with zero attached hydrogens (tertiary/aromatic N) is 3. The lowest BCUT2D eigenvalue weighted by Crippen LogP contribution is -2.00. The van der Waals surface area contributed by atoms with Crippen LogP contribution in [-0.2, 0) is 0 Å². The Morgan fingerprint density at radius 2 is 0.838 bits per heavy atom. The average Bonchev–Trinajstić information content (AvgIpc) is 2.99. The van der Waals surface area contributed by atoms with Gasteiger partial charge in [0.05, 0.1) is 0 Å². The van der Waals surface area contributed by atoms with Crippen molar-refractivity contribution < 1.29 is 0 Å². The molecule has 0 saturated heterocycles. The van der Waals surface area contributed by atoms with E-state index < -0.39 is 0 Å². The number of aromatic nitrogens is 3. The summed E-state index contributed by atoms with van der Waals surface area (Å²) in [7, 11) is 0. The molecule has 0 aliphatic heterocycles. The van der Waals surface area contributed by atoms with Crippen molar-refractivity contribution in [1.82, 2.24) is 15.0 Å². The summed E-state index contributed by atoms with van der Waals surface area (Å²) in [6.07, 6.45) is 4.00. The van der Waals surface area contributed by atoms with Gasteiger partial charge >= 0.3 is 0 Å². The Balaban J connectivity index is 0.000000580. The second-order valence-electron chi connectivity index (χ2n) is 7.80.